The molecule has 1 fully saturated rings. The first-order valence-corrected chi connectivity index (χ1v) is 11.2. The average Bonchev–Trinajstić information content (AvgIpc) is 2.74. The van der Waals surface area contributed by atoms with E-state index in [0.29, 0.717) is 0 Å². The molecule has 0 aliphatic heterocycles. The fraction of sp³-hybridized carbons (Fsp3) is 0.500. The zero-order valence-corrected chi connectivity index (χ0v) is 18.3. The van der Waals surface area contributed by atoms with E-state index in [1.807, 2.05) is 18.2 Å². The van der Waals surface area contributed by atoms with Crippen molar-refractivity contribution in [3.05, 3.63) is 59.7 Å². The lowest BCUT2D eigenvalue weighted by Crippen LogP contribution is -2.43. The van der Waals surface area contributed by atoms with E-state index in [4.69, 9.17) is 0 Å². The van der Waals surface area contributed by atoms with Crippen molar-refractivity contribution in [3.63, 3.8) is 0 Å². The van der Waals surface area contributed by atoms with Crippen LogP contribution in [-0.4, -0.2) is 37.5 Å². The quantitative estimate of drug-likeness (QED) is 0.639. The van der Waals surface area contributed by atoms with E-state index < -0.39 is 0 Å². The molecule has 1 aliphatic carbocycles. The molecule has 0 aromatic heterocycles. The molecule has 0 spiro atoms. The number of hydrogen-bond acceptors (Lipinski definition) is 2. The first kappa shape index (κ1) is 21.6. The SMILES string of the molecule is CCc1cccc(-c2cccc(C(=O)N[C@H](CC3CCCCC3)CN(C)C)c2)c1. The highest BCUT2D eigenvalue weighted by Gasteiger charge is 2.21. The van der Waals surface area contributed by atoms with Crippen LogP contribution in [0.15, 0.2) is 48.5 Å². The molecule has 3 rings (SSSR count). The molecule has 1 saturated carbocycles. The minimum absolute atomic E-state index is 0.0427. The van der Waals surface area contributed by atoms with Crippen LogP contribution in [0.2, 0.25) is 0 Å². The van der Waals surface area contributed by atoms with E-state index in [2.05, 4.69) is 61.6 Å². The van der Waals surface area contributed by atoms with Crippen molar-refractivity contribution in [2.24, 2.45) is 5.92 Å². The van der Waals surface area contributed by atoms with E-state index in [1.54, 1.807) is 0 Å². The number of aryl methyl sites for hydroxylation is 1. The lowest BCUT2D eigenvalue weighted by atomic mass is 9.84. The monoisotopic (exact) mass is 392 g/mol. The zero-order chi connectivity index (χ0) is 20.6. The van der Waals surface area contributed by atoms with Crippen molar-refractivity contribution in [3.8, 4) is 11.1 Å². The van der Waals surface area contributed by atoms with Crippen LogP contribution in [-0.2, 0) is 6.42 Å². The standard InChI is InChI=1S/C26H36N2O/c1-4-20-12-8-13-22(16-20)23-14-9-15-24(18-23)26(29)27-25(19-28(2)3)17-21-10-6-5-7-11-21/h8-9,12-16,18,21,25H,4-7,10-11,17,19H2,1-3H3,(H,27,29)/t25-/m1/s1. The van der Waals surface area contributed by atoms with Gasteiger partial charge >= 0.3 is 0 Å². The molecule has 1 N–H and O–H groups in total. The predicted octanol–water partition coefficient (Wildman–Crippen LogP) is 5.55. The van der Waals surface area contributed by atoms with Gasteiger partial charge in [-0.1, -0.05) is 75.4 Å². The van der Waals surface area contributed by atoms with Crippen molar-refractivity contribution < 1.29 is 4.79 Å². The minimum Gasteiger partial charge on any atom is -0.348 e. The van der Waals surface area contributed by atoms with Gasteiger partial charge in [0, 0.05) is 18.2 Å². The maximum absolute atomic E-state index is 13.1. The fourth-order valence-corrected chi connectivity index (χ4v) is 4.52. The summed E-state index contributed by atoms with van der Waals surface area (Å²) in [7, 11) is 4.17. The van der Waals surface area contributed by atoms with Gasteiger partial charge in [0.05, 0.1) is 0 Å². The molecule has 0 unspecified atom stereocenters. The van der Waals surface area contributed by atoms with E-state index in [1.165, 1.54) is 43.2 Å². The molecule has 29 heavy (non-hydrogen) atoms. The highest BCUT2D eigenvalue weighted by atomic mass is 16.1. The van der Waals surface area contributed by atoms with Crippen LogP contribution < -0.4 is 5.32 Å². The van der Waals surface area contributed by atoms with Crippen molar-refractivity contribution in [2.75, 3.05) is 20.6 Å². The normalized spacial score (nSPS) is 16.0. The lowest BCUT2D eigenvalue weighted by molar-refractivity contribution is 0.0920. The van der Waals surface area contributed by atoms with Crippen LogP contribution in [0.5, 0.6) is 0 Å². The molecule has 0 radical (unpaired) electrons. The van der Waals surface area contributed by atoms with Crippen molar-refractivity contribution in [1.82, 2.24) is 10.2 Å². The molecule has 1 atom stereocenters. The van der Waals surface area contributed by atoms with Crippen molar-refractivity contribution in [2.45, 2.75) is 57.9 Å². The largest absolute Gasteiger partial charge is 0.348 e. The maximum atomic E-state index is 13.1. The molecule has 3 heteroatoms. The number of likely N-dealkylation sites (N-methyl/N-ethyl adjacent to an activating group) is 1. The molecule has 2 aromatic rings. The molecule has 156 valence electrons. The van der Waals surface area contributed by atoms with E-state index >= 15 is 0 Å². The molecular weight excluding hydrogens is 356 g/mol. The van der Waals surface area contributed by atoms with Crippen LogP contribution in [0, 0.1) is 5.92 Å². The van der Waals surface area contributed by atoms with Crippen LogP contribution in [0.3, 0.4) is 0 Å². The number of carbonyl (C=O) groups is 1. The average molecular weight is 393 g/mol. The highest BCUT2D eigenvalue weighted by molar-refractivity contribution is 5.95. The van der Waals surface area contributed by atoms with Crippen LogP contribution in [0.4, 0.5) is 0 Å². The van der Waals surface area contributed by atoms with Crippen LogP contribution >= 0.6 is 0 Å². The summed E-state index contributed by atoms with van der Waals surface area (Å²) >= 11 is 0. The summed E-state index contributed by atoms with van der Waals surface area (Å²) in [6, 6.07) is 16.8. The molecular formula is C26H36N2O. The first-order valence-electron chi connectivity index (χ1n) is 11.2. The topological polar surface area (TPSA) is 32.3 Å². The van der Waals surface area contributed by atoms with Gasteiger partial charge in [0.1, 0.15) is 0 Å². The van der Waals surface area contributed by atoms with E-state index in [9.17, 15) is 4.79 Å². The smallest absolute Gasteiger partial charge is 0.251 e. The third-order valence-electron chi connectivity index (χ3n) is 6.06. The Morgan fingerprint density at radius 3 is 2.41 bits per heavy atom. The summed E-state index contributed by atoms with van der Waals surface area (Å²) < 4.78 is 0. The Morgan fingerprint density at radius 1 is 1.03 bits per heavy atom. The van der Waals surface area contributed by atoms with Crippen molar-refractivity contribution in [1.29, 1.82) is 0 Å². The molecule has 0 heterocycles. The summed E-state index contributed by atoms with van der Waals surface area (Å²) in [5.41, 5.74) is 4.34. The second-order valence-electron chi connectivity index (χ2n) is 8.81. The van der Waals surface area contributed by atoms with Gasteiger partial charge < -0.3 is 10.2 Å². The molecule has 3 nitrogen and oxygen atoms in total. The Morgan fingerprint density at radius 2 is 1.72 bits per heavy atom. The van der Waals surface area contributed by atoms with Crippen molar-refractivity contribution >= 4 is 5.91 Å². The van der Waals surface area contributed by atoms with Gasteiger partial charge in [0.25, 0.3) is 5.91 Å². The zero-order valence-electron chi connectivity index (χ0n) is 18.3. The van der Waals surface area contributed by atoms with Gasteiger partial charge in [0.15, 0.2) is 0 Å². The van der Waals surface area contributed by atoms with Gasteiger partial charge in [0.2, 0.25) is 0 Å². The number of hydrogen-bond donors (Lipinski definition) is 1. The second kappa shape index (κ2) is 10.6. The second-order valence-corrected chi connectivity index (χ2v) is 8.81. The summed E-state index contributed by atoms with van der Waals surface area (Å²) in [4.78, 5) is 15.2. The van der Waals surface area contributed by atoms with E-state index in [0.717, 1.165) is 36.4 Å². The fourth-order valence-electron chi connectivity index (χ4n) is 4.52. The summed E-state index contributed by atoms with van der Waals surface area (Å²) in [6.45, 7) is 3.06. The Kier molecular flexibility index (Phi) is 7.88. The van der Waals surface area contributed by atoms with Gasteiger partial charge in [-0.15, -0.1) is 0 Å². The first-order chi connectivity index (χ1) is 14.0. The van der Waals surface area contributed by atoms with Gasteiger partial charge in [-0.2, -0.15) is 0 Å². The van der Waals surface area contributed by atoms with Gasteiger partial charge in [-0.25, -0.2) is 0 Å². The van der Waals surface area contributed by atoms with E-state index in [-0.39, 0.29) is 11.9 Å². The van der Waals surface area contributed by atoms with Crippen LogP contribution in [0.25, 0.3) is 11.1 Å². The number of nitrogens with zero attached hydrogens (tertiary/aromatic N) is 1. The Hall–Kier alpha value is -2.13. The Labute approximate surface area is 176 Å². The van der Waals surface area contributed by atoms with Gasteiger partial charge in [-0.3, -0.25) is 4.79 Å². The molecule has 1 amide bonds. The predicted molar refractivity (Wildman–Crippen MR) is 122 cm³/mol. The van der Waals surface area contributed by atoms with Gasteiger partial charge in [-0.05, 0) is 61.7 Å². The summed E-state index contributed by atoms with van der Waals surface area (Å²) in [6.07, 6.45) is 8.77. The summed E-state index contributed by atoms with van der Waals surface area (Å²) in [5, 5.41) is 3.33. The molecule has 0 saturated heterocycles. The number of carbonyl (C=O) groups excluding carboxylic acids is 1. The maximum Gasteiger partial charge on any atom is 0.251 e. The minimum atomic E-state index is 0.0427. The Bertz CT molecular complexity index is 793. The third-order valence-corrected chi connectivity index (χ3v) is 6.06. The molecule has 0 bridgehead atoms. The third kappa shape index (κ3) is 6.43. The highest BCUT2D eigenvalue weighted by Crippen LogP contribution is 2.28. The Balaban J connectivity index is 1.71. The molecule has 1 aliphatic rings. The number of nitrogens with one attached hydrogen (secondary N) is 1. The number of benzene rings is 2. The lowest BCUT2D eigenvalue weighted by Gasteiger charge is -2.29. The molecule has 2 aromatic carbocycles. The number of amides is 1. The van der Waals surface area contributed by atoms with Crippen LogP contribution in [0.1, 0.15) is 61.4 Å². The summed E-state index contributed by atoms with van der Waals surface area (Å²) in [5.74, 6) is 0.790. The number of rotatable bonds is 8.